The van der Waals surface area contributed by atoms with Gasteiger partial charge in [0, 0.05) is 49.4 Å². The van der Waals surface area contributed by atoms with Crippen LogP contribution in [0.25, 0.3) is 6.08 Å². The van der Waals surface area contributed by atoms with E-state index in [1.54, 1.807) is 6.08 Å². The second-order valence-electron chi connectivity index (χ2n) is 10.8. The molecule has 3 aliphatic rings. The Balaban J connectivity index is 1.47. The Labute approximate surface area is 210 Å². The van der Waals surface area contributed by atoms with E-state index < -0.39 is 11.6 Å². The number of hydrogen-bond acceptors (Lipinski definition) is 7. The molecule has 0 spiro atoms. The standard InChI is InChI=1S/C27H32F2N6O/c1-16-10-18-19(11-16)25(29)21(13-20(18)28)36-26-32-23(31-22-12-17(15-30-22)27(2,3)4)14-24(33-26)35-8-6-34(5)7-9-35/h11-14H,6-10,15H2,1-5H3,(H,30,31,32,33). The van der Waals surface area contributed by atoms with Crippen LogP contribution in [0.15, 0.2) is 34.3 Å². The second-order valence-corrected chi connectivity index (χ2v) is 10.8. The van der Waals surface area contributed by atoms with Crippen LogP contribution in [-0.4, -0.2) is 60.5 Å². The maximum atomic E-state index is 15.2. The van der Waals surface area contributed by atoms with Crippen LogP contribution in [0.5, 0.6) is 11.8 Å². The van der Waals surface area contributed by atoms with E-state index in [0.29, 0.717) is 36.0 Å². The molecule has 0 radical (unpaired) electrons. The first-order valence-corrected chi connectivity index (χ1v) is 12.3. The molecule has 9 heteroatoms. The molecule has 1 fully saturated rings. The SMILES string of the molecule is CC1=Cc2c(F)c(Oc3nc(NC4=NCC(C(C)(C)C)=C4)cc(N4CCN(C)CC4)n3)cc(F)c2C1. The summed E-state index contributed by atoms with van der Waals surface area (Å²) in [5.74, 6) is 0.507. The average molecular weight is 495 g/mol. The molecule has 0 saturated carbocycles. The van der Waals surface area contributed by atoms with Gasteiger partial charge in [-0.1, -0.05) is 32.4 Å². The minimum Gasteiger partial charge on any atom is -0.421 e. The van der Waals surface area contributed by atoms with Gasteiger partial charge in [-0.2, -0.15) is 9.97 Å². The summed E-state index contributed by atoms with van der Waals surface area (Å²) >= 11 is 0. The van der Waals surface area contributed by atoms with Gasteiger partial charge in [0.05, 0.1) is 6.54 Å². The van der Waals surface area contributed by atoms with E-state index in [-0.39, 0.29) is 22.7 Å². The van der Waals surface area contributed by atoms with Crippen LogP contribution in [-0.2, 0) is 6.42 Å². The maximum absolute atomic E-state index is 15.2. The Morgan fingerprint density at radius 2 is 1.78 bits per heavy atom. The fraction of sp³-hybridized carbons (Fsp3) is 0.444. The van der Waals surface area contributed by atoms with Gasteiger partial charge in [0.1, 0.15) is 23.3 Å². The lowest BCUT2D eigenvalue weighted by Crippen LogP contribution is -2.44. The summed E-state index contributed by atoms with van der Waals surface area (Å²) in [5, 5.41) is 3.26. The first-order chi connectivity index (χ1) is 17.1. The van der Waals surface area contributed by atoms with Crippen molar-refractivity contribution in [1.29, 1.82) is 0 Å². The minimum atomic E-state index is -0.607. The molecular formula is C27H32F2N6O. The lowest BCUT2D eigenvalue weighted by molar-refractivity contribution is 0.311. The number of halogens is 2. The summed E-state index contributed by atoms with van der Waals surface area (Å²) in [5.41, 5.74) is 2.72. The number of nitrogens with zero attached hydrogens (tertiary/aromatic N) is 5. The van der Waals surface area contributed by atoms with E-state index in [1.165, 1.54) is 5.57 Å². The lowest BCUT2D eigenvalue weighted by Gasteiger charge is -2.33. The van der Waals surface area contributed by atoms with Gasteiger partial charge >= 0.3 is 6.01 Å². The number of hydrogen-bond donors (Lipinski definition) is 1. The first-order valence-electron chi connectivity index (χ1n) is 12.3. The lowest BCUT2D eigenvalue weighted by atomic mass is 9.87. The van der Waals surface area contributed by atoms with Gasteiger partial charge in [-0.15, -0.1) is 0 Å². The molecule has 0 atom stereocenters. The first kappa shape index (κ1) is 24.4. The molecule has 3 heterocycles. The van der Waals surface area contributed by atoms with Gasteiger partial charge < -0.3 is 19.9 Å². The van der Waals surface area contributed by atoms with Crippen LogP contribution in [0.4, 0.5) is 20.4 Å². The minimum absolute atomic E-state index is 0.0137. The molecule has 7 nitrogen and oxygen atoms in total. The number of nitrogens with one attached hydrogen (secondary N) is 1. The summed E-state index contributed by atoms with van der Waals surface area (Å²) in [7, 11) is 2.08. The molecule has 1 saturated heterocycles. The summed E-state index contributed by atoms with van der Waals surface area (Å²) in [6, 6.07) is 2.87. The third-order valence-electron chi connectivity index (χ3n) is 6.84. The van der Waals surface area contributed by atoms with Gasteiger partial charge in [0.25, 0.3) is 0 Å². The highest BCUT2D eigenvalue weighted by Gasteiger charge is 2.25. The van der Waals surface area contributed by atoms with Crippen molar-refractivity contribution in [3.63, 3.8) is 0 Å². The third kappa shape index (κ3) is 4.97. The molecule has 1 aromatic heterocycles. The van der Waals surface area contributed by atoms with Crippen LogP contribution >= 0.6 is 0 Å². The highest BCUT2D eigenvalue weighted by molar-refractivity contribution is 6.05. The van der Waals surface area contributed by atoms with Crippen molar-refractivity contribution in [1.82, 2.24) is 14.9 Å². The number of piperazine rings is 1. The topological polar surface area (TPSA) is 65.9 Å². The molecule has 0 amide bonds. The van der Waals surface area contributed by atoms with Gasteiger partial charge in [0.2, 0.25) is 0 Å². The Kier molecular flexibility index (Phi) is 6.28. The zero-order valence-electron chi connectivity index (χ0n) is 21.5. The zero-order valence-corrected chi connectivity index (χ0v) is 21.5. The molecule has 0 bridgehead atoms. The van der Waals surface area contributed by atoms with Crippen molar-refractivity contribution < 1.29 is 13.5 Å². The number of rotatable bonds is 4. The Morgan fingerprint density at radius 3 is 2.47 bits per heavy atom. The number of fused-ring (bicyclic) bond motifs is 1. The van der Waals surface area contributed by atoms with Crippen molar-refractivity contribution in [3.8, 4) is 11.8 Å². The van der Waals surface area contributed by atoms with Crippen molar-refractivity contribution in [2.45, 2.75) is 34.1 Å². The van der Waals surface area contributed by atoms with Crippen molar-refractivity contribution >= 4 is 23.5 Å². The van der Waals surface area contributed by atoms with Crippen LogP contribution < -0.4 is 15.0 Å². The number of anilines is 2. The van der Waals surface area contributed by atoms with Gasteiger partial charge in [-0.3, -0.25) is 4.99 Å². The predicted octanol–water partition coefficient (Wildman–Crippen LogP) is 5.05. The molecule has 0 unspecified atom stereocenters. The highest BCUT2D eigenvalue weighted by Crippen LogP contribution is 2.36. The second kappa shape index (κ2) is 9.28. The summed E-state index contributed by atoms with van der Waals surface area (Å²) in [4.78, 5) is 18.0. The maximum Gasteiger partial charge on any atom is 0.326 e. The number of likely N-dealkylation sites (N-methyl/N-ethyl adjacent to an activating group) is 1. The summed E-state index contributed by atoms with van der Waals surface area (Å²) < 4.78 is 35.8. The molecule has 2 aromatic rings. The van der Waals surface area contributed by atoms with Crippen molar-refractivity contribution in [2.75, 3.05) is 50.0 Å². The van der Waals surface area contributed by atoms with E-state index in [2.05, 4.69) is 57.9 Å². The highest BCUT2D eigenvalue weighted by atomic mass is 19.1. The van der Waals surface area contributed by atoms with E-state index in [0.717, 1.165) is 37.8 Å². The summed E-state index contributed by atoms with van der Waals surface area (Å²) in [6.07, 6.45) is 4.09. The molecule has 1 N–H and O–H groups in total. The molecule has 2 aliphatic heterocycles. The number of ether oxygens (including phenoxy) is 1. The van der Waals surface area contributed by atoms with Crippen LogP contribution in [0, 0.1) is 17.0 Å². The molecule has 1 aromatic carbocycles. The zero-order chi connectivity index (χ0) is 25.6. The van der Waals surface area contributed by atoms with Crippen molar-refractivity contribution in [2.24, 2.45) is 10.4 Å². The van der Waals surface area contributed by atoms with Gasteiger partial charge in [-0.25, -0.2) is 8.78 Å². The fourth-order valence-corrected chi connectivity index (χ4v) is 4.55. The average Bonchev–Trinajstić information content (AvgIpc) is 3.45. The van der Waals surface area contributed by atoms with Crippen LogP contribution in [0.3, 0.4) is 0 Å². The number of aliphatic imine (C=N–C) groups is 1. The Bertz CT molecular complexity index is 1290. The Morgan fingerprint density at radius 1 is 1.03 bits per heavy atom. The molecule has 190 valence electrons. The molecule has 36 heavy (non-hydrogen) atoms. The smallest absolute Gasteiger partial charge is 0.326 e. The van der Waals surface area contributed by atoms with E-state index in [4.69, 9.17) is 4.74 Å². The Hall–Kier alpha value is -3.33. The van der Waals surface area contributed by atoms with E-state index >= 15 is 4.39 Å². The molecule has 1 aliphatic carbocycles. The normalized spacial score (nSPS) is 18.1. The number of allylic oxidation sites excluding steroid dienone is 1. The van der Waals surface area contributed by atoms with Crippen molar-refractivity contribution in [3.05, 3.63) is 52.1 Å². The van der Waals surface area contributed by atoms with Crippen LogP contribution in [0.2, 0.25) is 0 Å². The monoisotopic (exact) mass is 494 g/mol. The third-order valence-corrected chi connectivity index (χ3v) is 6.84. The largest absolute Gasteiger partial charge is 0.421 e. The number of aromatic nitrogens is 2. The van der Waals surface area contributed by atoms with Gasteiger partial charge in [-0.05, 0) is 37.5 Å². The van der Waals surface area contributed by atoms with E-state index in [9.17, 15) is 4.39 Å². The predicted molar refractivity (Wildman–Crippen MR) is 139 cm³/mol. The molecule has 5 rings (SSSR count). The van der Waals surface area contributed by atoms with Gasteiger partial charge in [0.15, 0.2) is 11.6 Å². The number of benzene rings is 1. The van der Waals surface area contributed by atoms with E-state index in [1.807, 2.05) is 19.1 Å². The van der Waals surface area contributed by atoms with Crippen LogP contribution in [0.1, 0.15) is 38.8 Å². The quantitative estimate of drug-likeness (QED) is 0.641. The summed E-state index contributed by atoms with van der Waals surface area (Å²) in [6.45, 7) is 12.3. The number of amidine groups is 1. The molecular weight excluding hydrogens is 462 g/mol. The fourth-order valence-electron chi connectivity index (χ4n) is 4.55.